The van der Waals surface area contributed by atoms with Crippen LogP contribution in [0.3, 0.4) is 0 Å². The molecule has 5 nitrogen and oxygen atoms in total. The van der Waals surface area contributed by atoms with Crippen LogP contribution in [0.2, 0.25) is 0 Å². The van der Waals surface area contributed by atoms with Crippen LogP contribution in [0.5, 0.6) is 0 Å². The first kappa shape index (κ1) is 14.1. The molecule has 2 aromatic rings. The van der Waals surface area contributed by atoms with Gasteiger partial charge in [0.25, 0.3) is 0 Å². The summed E-state index contributed by atoms with van der Waals surface area (Å²) >= 11 is 0. The van der Waals surface area contributed by atoms with E-state index in [-0.39, 0.29) is 12.5 Å². The smallest absolute Gasteiger partial charge is 0.245 e. The van der Waals surface area contributed by atoms with Crippen molar-refractivity contribution in [2.45, 2.75) is 0 Å². The van der Waals surface area contributed by atoms with Crippen LogP contribution in [-0.4, -0.2) is 20.9 Å². The molecule has 0 aliphatic carbocycles. The molecule has 20 heavy (non-hydrogen) atoms. The second-order valence-electron chi connectivity index (χ2n) is 4.05. The van der Waals surface area contributed by atoms with Gasteiger partial charge in [-0.05, 0) is 24.3 Å². The van der Waals surface area contributed by atoms with E-state index < -0.39 is 10.9 Å². The lowest BCUT2D eigenvalue weighted by Gasteiger charge is -2.17. The molecule has 0 aliphatic heterocycles. The van der Waals surface area contributed by atoms with Gasteiger partial charge in [0.1, 0.15) is 6.54 Å². The van der Waals surface area contributed by atoms with E-state index in [1.165, 1.54) is 0 Å². The number of hydrogen-bond acceptors (Lipinski definition) is 3. The van der Waals surface area contributed by atoms with Crippen LogP contribution in [0.25, 0.3) is 0 Å². The monoisotopic (exact) mass is 290 g/mol. The van der Waals surface area contributed by atoms with Gasteiger partial charge >= 0.3 is 0 Å². The highest BCUT2D eigenvalue weighted by Gasteiger charge is 2.13. The Hall–Kier alpha value is -2.34. The maximum atomic E-state index is 11.9. The molecule has 1 amide bonds. The Morgan fingerprint density at radius 3 is 2.05 bits per heavy atom. The molecule has 0 aliphatic rings. The van der Waals surface area contributed by atoms with Crippen molar-refractivity contribution in [3.05, 3.63) is 60.7 Å². The maximum absolute atomic E-state index is 11.9. The van der Waals surface area contributed by atoms with Crippen molar-refractivity contribution in [2.24, 2.45) is 0 Å². The average Bonchev–Trinajstić information content (AvgIpc) is 2.46. The largest absolute Gasteiger partial charge is 0.325 e. The van der Waals surface area contributed by atoms with Gasteiger partial charge in [-0.1, -0.05) is 36.4 Å². The Morgan fingerprint density at radius 2 is 1.50 bits per heavy atom. The lowest BCUT2D eigenvalue weighted by atomic mass is 10.3. The van der Waals surface area contributed by atoms with Crippen molar-refractivity contribution in [1.29, 1.82) is 0 Å². The number of anilines is 2. The number of thiol groups is 1. The molecule has 0 radical (unpaired) electrons. The summed E-state index contributed by atoms with van der Waals surface area (Å²) < 4.78 is 23.6. The topological polar surface area (TPSA) is 66.5 Å². The van der Waals surface area contributed by atoms with Gasteiger partial charge in [-0.3, -0.25) is 9.10 Å². The molecule has 104 valence electrons. The van der Waals surface area contributed by atoms with Gasteiger partial charge in [0.2, 0.25) is 16.8 Å². The summed E-state index contributed by atoms with van der Waals surface area (Å²) in [4.78, 5) is 11.9. The van der Waals surface area contributed by atoms with Crippen LogP contribution in [0.4, 0.5) is 11.4 Å². The van der Waals surface area contributed by atoms with E-state index in [1.54, 1.807) is 54.6 Å². The van der Waals surface area contributed by atoms with Crippen molar-refractivity contribution in [2.75, 3.05) is 16.2 Å². The van der Waals surface area contributed by atoms with Crippen LogP contribution >= 0.6 is 0 Å². The van der Waals surface area contributed by atoms with Gasteiger partial charge in [0, 0.05) is 5.69 Å². The highest BCUT2D eigenvalue weighted by Crippen LogP contribution is 2.13. The summed E-state index contributed by atoms with van der Waals surface area (Å²) in [6.07, 6.45) is 0. The third-order valence-corrected chi connectivity index (χ3v) is 3.37. The van der Waals surface area contributed by atoms with Gasteiger partial charge in [0.05, 0.1) is 5.69 Å². The Bertz CT molecular complexity index is 634. The number of carbonyl (C=O) groups is 1. The third kappa shape index (κ3) is 3.83. The number of nitrogens with zero attached hydrogens (tertiary/aromatic N) is 1. The highest BCUT2D eigenvalue weighted by molar-refractivity contribution is 7.74. The predicted octanol–water partition coefficient (Wildman–Crippen LogP) is 1.66. The first-order valence-electron chi connectivity index (χ1n) is 5.98. The Balaban J connectivity index is 2.08. The summed E-state index contributed by atoms with van der Waals surface area (Å²) in [5.74, 6) is -0.390. The second kappa shape index (κ2) is 6.72. The molecule has 1 N–H and O–H groups in total. The number of para-hydroxylation sites is 2. The van der Waals surface area contributed by atoms with E-state index in [1.807, 2.05) is 6.07 Å². The number of rotatable bonds is 5. The first-order chi connectivity index (χ1) is 9.66. The zero-order chi connectivity index (χ0) is 14.4. The molecule has 0 atom stereocenters. The Kier molecular flexibility index (Phi) is 4.73. The van der Waals surface area contributed by atoms with Gasteiger partial charge in [0.15, 0.2) is 0 Å². The van der Waals surface area contributed by atoms with Crippen molar-refractivity contribution in [3.63, 3.8) is 0 Å². The standard InChI is InChI=1S/C14H14N2O3S/c17-14(15-12-7-3-1-4-8-12)11-16(20(18)19)13-9-5-2-6-10-13/h1-10,20H,11H2,(H,15,17). The predicted molar refractivity (Wildman–Crippen MR) is 79.2 cm³/mol. The number of amides is 1. The SMILES string of the molecule is O=C(CN(c1ccccc1)[SH](=O)=O)Nc1ccccc1. The molecule has 0 aromatic heterocycles. The molecule has 2 aromatic carbocycles. The van der Waals surface area contributed by atoms with Crippen molar-refractivity contribution in [3.8, 4) is 0 Å². The second-order valence-corrected chi connectivity index (χ2v) is 5.00. The molecule has 0 fully saturated rings. The van der Waals surface area contributed by atoms with E-state index in [0.29, 0.717) is 11.4 Å². The quantitative estimate of drug-likeness (QED) is 0.823. The number of benzene rings is 2. The minimum Gasteiger partial charge on any atom is -0.325 e. The zero-order valence-corrected chi connectivity index (χ0v) is 11.5. The number of carbonyl (C=O) groups excluding carboxylic acids is 1. The van der Waals surface area contributed by atoms with Gasteiger partial charge < -0.3 is 5.32 Å². The van der Waals surface area contributed by atoms with E-state index in [2.05, 4.69) is 5.32 Å². The molecule has 0 unspecified atom stereocenters. The Morgan fingerprint density at radius 1 is 0.950 bits per heavy atom. The van der Waals surface area contributed by atoms with E-state index in [9.17, 15) is 13.2 Å². The lowest BCUT2D eigenvalue weighted by Crippen LogP contribution is -2.32. The molecule has 0 spiro atoms. The van der Waals surface area contributed by atoms with Gasteiger partial charge in [-0.2, -0.15) is 0 Å². The van der Waals surface area contributed by atoms with E-state index in [0.717, 1.165) is 4.31 Å². The lowest BCUT2D eigenvalue weighted by molar-refractivity contribution is -0.114. The van der Waals surface area contributed by atoms with Gasteiger partial charge in [-0.15, -0.1) is 0 Å². The molecule has 0 saturated heterocycles. The summed E-state index contributed by atoms with van der Waals surface area (Å²) in [6.45, 7) is -0.252. The van der Waals surface area contributed by atoms with Crippen molar-refractivity contribution >= 4 is 28.2 Å². The first-order valence-corrected chi connectivity index (χ1v) is 7.11. The van der Waals surface area contributed by atoms with Gasteiger partial charge in [-0.25, -0.2) is 8.42 Å². The summed E-state index contributed by atoms with van der Waals surface area (Å²) in [5, 5.41) is 2.65. The minimum atomic E-state index is -2.87. The average molecular weight is 290 g/mol. The molecule has 0 bridgehead atoms. The number of hydrogen-bond donors (Lipinski definition) is 2. The van der Waals surface area contributed by atoms with Crippen molar-refractivity contribution in [1.82, 2.24) is 0 Å². The zero-order valence-electron chi connectivity index (χ0n) is 10.6. The van der Waals surface area contributed by atoms with Crippen LogP contribution in [0, 0.1) is 0 Å². The normalized spacial score (nSPS) is 10.2. The molecule has 0 saturated carbocycles. The molecule has 2 rings (SSSR count). The fourth-order valence-electron chi connectivity index (χ4n) is 1.70. The molecular formula is C14H14N2O3S. The van der Waals surface area contributed by atoms with Crippen molar-refractivity contribution < 1.29 is 13.2 Å². The maximum Gasteiger partial charge on any atom is 0.245 e. The van der Waals surface area contributed by atoms with Crippen LogP contribution in [0.1, 0.15) is 0 Å². The van der Waals surface area contributed by atoms with Crippen LogP contribution < -0.4 is 9.62 Å². The van der Waals surface area contributed by atoms with Crippen LogP contribution in [-0.2, 0) is 15.7 Å². The highest BCUT2D eigenvalue weighted by atomic mass is 32.2. The summed E-state index contributed by atoms with van der Waals surface area (Å²) in [7, 11) is -2.87. The molecule has 0 heterocycles. The number of nitrogens with one attached hydrogen (secondary N) is 1. The fraction of sp³-hybridized carbons (Fsp3) is 0.0714. The van der Waals surface area contributed by atoms with E-state index >= 15 is 0 Å². The minimum absolute atomic E-state index is 0.252. The summed E-state index contributed by atoms with van der Waals surface area (Å²) in [6, 6.07) is 17.4. The van der Waals surface area contributed by atoms with E-state index in [4.69, 9.17) is 0 Å². The fourth-order valence-corrected chi connectivity index (χ4v) is 2.27. The summed E-state index contributed by atoms with van der Waals surface area (Å²) in [5.41, 5.74) is 1.10. The Labute approximate surface area is 118 Å². The molecular weight excluding hydrogens is 276 g/mol. The van der Waals surface area contributed by atoms with Crippen LogP contribution in [0.15, 0.2) is 60.7 Å². The third-order valence-electron chi connectivity index (χ3n) is 2.60. The molecule has 6 heteroatoms.